The molecule has 3 atom stereocenters. The topological polar surface area (TPSA) is 40.5 Å². The summed E-state index contributed by atoms with van der Waals surface area (Å²) >= 11 is 0.187. The molecule has 0 radical (unpaired) electrons. The van der Waals surface area contributed by atoms with Crippen LogP contribution in [0.25, 0.3) is 0 Å². The number of hydrogen-bond acceptors (Lipinski definition) is 2. The van der Waals surface area contributed by atoms with Crippen LogP contribution >= 0.6 is 0 Å². The Balaban J connectivity index is 2.14. The summed E-state index contributed by atoms with van der Waals surface area (Å²) < 4.78 is 1.29. The molecule has 19 heavy (non-hydrogen) atoms. The minimum atomic E-state index is -0.901. The Bertz CT molecular complexity index is 432. The summed E-state index contributed by atoms with van der Waals surface area (Å²) in [5.41, 5.74) is 0.302. The predicted molar refractivity (Wildman–Crippen MR) is 79.8 cm³/mol. The first-order chi connectivity index (χ1) is 9.05. The van der Waals surface area contributed by atoms with Crippen LogP contribution in [0.5, 0.6) is 0 Å². The molecule has 0 spiro atoms. The van der Waals surface area contributed by atoms with E-state index >= 15 is 0 Å². The summed E-state index contributed by atoms with van der Waals surface area (Å²) in [5, 5.41) is 20.2. The fourth-order valence-corrected chi connectivity index (χ4v) is 5.53. The number of benzene rings is 1. The van der Waals surface area contributed by atoms with Crippen LogP contribution in [0.3, 0.4) is 0 Å². The van der Waals surface area contributed by atoms with Crippen molar-refractivity contribution >= 4 is 19.4 Å². The van der Waals surface area contributed by atoms with Gasteiger partial charge in [-0.05, 0) is 0 Å². The monoisotopic (exact) mass is 326 g/mol. The predicted octanol–water partition coefficient (Wildman–Crippen LogP) is 1.90. The van der Waals surface area contributed by atoms with Crippen molar-refractivity contribution in [1.82, 2.24) is 0 Å². The second-order valence-corrected chi connectivity index (χ2v) is 8.18. The molecule has 2 rings (SSSR count). The van der Waals surface area contributed by atoms with Crippen LogP contribution in [-0.2, 0) is 0 Å². The number of rotatable bonds is 4. The fraction of sp³-hybridized carbons (Fsp3) is 0.500. The number of allylic oxidation sites excluding steroid dienone is 1. The van der Waals surface area contributed by atoms with Crippen molar-refractivity contribution < 1.29 is 10.2 Å². The van der Waals surface area contributed by atoms with E-state index in [1.807, 2.05) is 18.2 Å². The van der Waals surface area contributed by atoms with Crippen molar-refractivity contribution in [3.8, 4) is 0 Å². The molecule has 0 heterocycles. The van der Waals surface area contributed by atoms with Gasteiger partial charge in [0.05, 0.1) is 0 Å². The van der Waals surface area contributed by atoms with Crippen LogP contribution in [0.4, 0.5) is 0 Å². The molecule has 1 saturated carbocycles. The maximum absolute atomic E-state index is 10.6. The van der Waals surface area contributed by atoms with E-state index in [0.29, 0.717) is 12.3 Å². The molecule has 0 bridgehead atoms. The molecule has 0 aromatic heterocycles. The van der Waals surface area contributed by atoms with E-state index in [1.54, 1.807) is 0 Å². The van der Waals surface area contributed by atoms with E-state index < -0.39 is 5.60 Å². The first-order valence-corrected chi connectivity index (χ1v) is 8.60. The Hall–Kier alpha value is -0.601. The Morgan fingerprint density at radius 3 is 2.68 bits per heavy atom. The molecule has 3 heteroatoms. The normalized spacial score (nSPS) is 31.1. The zero-order valence-electron chi connectivity index (χ0n) is 11.4. The number of aliphatic hydroxyl groups is 2. The molecule has 1 aliphatic rings. The van der Waals surface area contributed by atoms with Crippen LogP contribution in [0, 0.1) is 5.92 Å². The van der Waals surface area contributed by atoms with Gasteiger partial charge in [-0.1, -0.05) is 0 Å². The SMILES string of the molecule is C=C(C)C1CCC(O)(CO)C([Se]c2ccccc2)C1. The van der Waals surface area contributed by atoms with Crippen molar-refractivity contribution in [3.05, 3.63) is 42.5 Å². The van der Waals surface area contributed by atoms with Crippen molar-refractivity contribution in [2.24, 2.45) is 5.92 Å². The quantitative estimate of drug-likeness (QED) is 0.656. The van der Waals surface area contributed by atoms with Gasteiger partial charge in [-0.3, -0.25) is 0 Å². The van der Waals surface area contributed by atoms with Gasteiger partial charge in [0.2, 0.25) is 0 Å². The van der Waals surface area contributed by atoms with Crippen LogP contribution in [0.15, 0.2) is 42.5 Å². The van der Waals surface area contributed by atoms with E-state index in [-0.39, 0.29) is 26.4 Å². The molecule has 0 saturated heterocycles. The van der Waals surface area contributed by atoms with Gasteiger partial charge in [-0.2, -0.15) is 0 Å². The van der Waals surface area contributed by atoms with Crippen molar-refractivity contribution in [2.75, 3.05) is 6.61 Å². The molecule has 1 aliphatic carbocycles. The van der Waals surface area contributed by atoms with Gasteiger partial charge in [0, 0.05) is 0 Å². The third-order valence-electron chi connectivity index (χ3n) is 4.02. The molecule has 2 nitrogen and oxygen atoms in total. The van der Waals surface area contributed by atoms with Gasteiger partial charge in [0.15, 0.2) is 0 Å². The summed E-state index contributed by atoms with van der Waals surface area (Å²) in [5.74, 6) is 0.488. The Morgan fingerprint density at radius 1 is 1.42 bits per heavy atom. The van der Waals surface area contributed by atoms with E-state index in [2.05, 4.69) is 25.6 Å². The average molecular weight is 325 g/mol. The Morgan fingerprint density at radius 2 is 2.11 bits per heavy atom. The summed E-state index contributed by atoms with van der Waals surface area (Å²) in [6.45, 7) is 6.00. The first-order valence-electron chi connectivity index (χ1n) is 6.75. The van der Waals surface area contributed by atoms with Crippen molar-refractivity contribution in [2.45, 2.75) is 36.6 Å². The zero-order valence-corrected chi connectivity index (χ0v) is 13.1. The molecule has 0 aliphatic heterocycles. The molecule has 0 amide bonds. The second kappa shape index (κ2) is 6.23. The number of aliphatic hydroxyl groups excluding tert-OH is 1. The van der Waals surface area contributed by atoms with E-state index in [4.69, 9.17) is 0 Å². The van der Waals surface area contributed by atoms with E-state index in [9.17, 15) is 10.2 Å². The molecule has 1 fully saturated rings. The molecule has 1 aromatic rings. The second-order valence-electron chi connectivity index (χ2n) is 5.50. The van der Waals surface area contributed by atoms with Crippen LogP contribution in [0.1, 0.15) is 26.2 Å². The third kappa shape index (κ3) is 3.49. The standard InChI is InChI=1S/C16H22O2Se/c1-12(2)13-8-9-16(18,11-17)15(10-13)19-14-6-4-3-5-7-14/h3-7,13,15,17-18H,1,8-11H2,2H3. The molecule has 1 aromatic carbocycles. The van der Waals surface area contributed by atoms with Gasteiger partial charge in [0.25, 0.3) is 0 Å². The Kier molecular flexibility index (Phi) is 4.86. The molecule has 3 unspecified atom stereocenters. The fourth-order valence-electron chi connectivity index (χ4n) is 2.63. The van der Waals surface area contributed by atoms with Gasteiger partial charge >= 0.3 is 121 Å². The third-order valence-corrected chi connectivity index (χ3v) is 7.08. The van der Waals surface area contributed by atoms with Gasteiger partial charge in [-0.25, -0.2) is 0 Å². The van der Waals surface area contributed by atoms with E-state index in [1.165, 1.54) is 10.0 Å². The summed E-state index contributed by atoms with van der Waals surface area (Å²) in [4.78, 5) is 0.169. The molecular formula is C16H22O2Se. The average Bonchev–Trinajstić information content (AvgIpc) is 2.42. The Labute approximate surface area is 121 Å². The van der Waals surface area contributed by atoms with Gasteiger partial charge < -0.3 is 0 Å². The van der Waals surface area contributed by atoms with Crippen LogP contribution < -0.4 is 4.46 Å². The van der Waals surface area contributed by atoms with Gasteiger partial charge in [0.1, 0.15) is 0 Å². The van der Waals surface area contributed by atoms with Crippen molar-refractivity contribution in [3.63, 3.8) is 0 Å². The minimum absolute atomic E-state index is 0.130. The maximum atomic E-state index is 10.6. The molecule has 104 valence electrons. The molecular weight excluding hydrogens is 303 g/mol. The van der Waals surface area contributed by atoms with Gasteiger partial charge in [-0.15, -0.1) is 0 Å². The number of hydrogen-bond donors (Lipinski definition) is 2. The van der Waals surface area contributed by atoms with Crippen molar-refractivity contribution in [1.29, 1.82) is 0 Å². The van der Waals surface area contributed by atoms with Crippen LogP contribution in [-0.4, -0.2) is 37.4 Å². The van der Waals surface area contributed by atoms with Crippen LogP contribution in [0.2, 0.25) is 4.82 Å². The summed E-state index contributed by atoms with van der Waals surface area (Å²) in [6.07, 6.45) is 2.56. The first kappa shape index (κ1) is 14.8. The summed E-state index contributed by atoms with van der Waals surface area (Å²) in [7, 11) is 0. The van der Waals surface area contributed by atoms with E-state index in [0.717, 1.165) is 12.8 Å². The zero-order chi connectivity index (χ0) is 13.9. The molecule has 2 N–H and O–H groups in total. The summed E-state index contributed by atoms with van der Waals surface area (Å²) in [6, 6.07) is 10.3.